The molecular formula is C16H16Cl2N2O2S. The van der Waals surface area contributed by atoms with Gasteiger partial charge in [-0.05, 0) is 37.3 Å². The Morgan fingerprint density at radius 2 is 1.61 bits per heavy atom. The van der Waals surface area contributed by atoms with Crippen LogP contribution in [0.25, 0.3) is 0 Å². The van der Waals surface area contributed by atoms with E-state index in [1.807, 2.05) is 6.92 Å². The minimum Gasteiger partial charge on any atom is -0.362 e. The number of halogens is 2. The van der Waals surface area contributed by atoms with E-state index >= 15 is 0 Å². The summed E-state index contributed by atoms with van der Waals surface area (Å²) in [6, 6.07) is 11.4. The summed E-state index contributed by atoms with van der Waals surface area (Å²) in [4.78, 5) is 1.76. The van der Waals surface area contributed by atoms with Crippen LogP contribution in [0.15, 0.2) is 51.8 Å². The van der Waals surface area contributed by atoms with Crippen LogP contribution in [-0.2, 0) is 10.0 Å². The maximum atomic E-state index is 12.5. The quantitative estimate of drug-likeness (QED) is 0.605. The van der Waals surface area contributed by atoms with Crippen LogP contribution in [0.5, 0.6) is 0 Å². The number of aryl methyl sites for hydroxylation is 1. The number of nitrogens with zero attached hydrogens (tertiary/aromatic N) is 2. The highest BCUT2D eigenvalue weighted by atomic mass is 35.5. The topological polar surface area (TPSA) is 49.7 Å². The molecule has 2 aromatic carbocycles. The predicted molar refractivity (Wildman–Crippen MR) is 95.1 cm³/mol. The normalized spacial score (nSPS) is 12.3. The van der Waals surface area contributed by atoms with Gasteiger partial charge in [-0.25, -0.2) is 0 Å². The van der Waals surface area contributed by atoms with E-state index in [4.69, 9.17) is 23.2 Å². The fraction of sp³-hybridized carbons (Fsp3) is 0.188. The number of hydrogen-bond donors (Lipinski definition) is 0. The van der Waals surface area contributed by atoms with Crippen molar-refractivity contribution in [2.24, 2.45) is 4.40 Å². The molecule has 0 aliphatic rings. The third-order valence-corrected chi connectivity index (χ3v) is 5.15. The first-order valence-electron chi connectivity index (χ1n) is 6.75. The molecule has 0 radical (unpaired) electrons. The highest BCUT2D eigenvalue weighted by molar-refractivity contribution is 7.90. The van der Waals surface area contributed by atoms with Gasteiger partial charge in [0.05, 0.1) is 14.9 Å². The molecule has 7 heteroatoms. The molecule has 0 aliphatic carbocycles. The summed E-state index contributed by atoms with van der Waals surface area (Å²) >= 11 is 11.9. The maximum absolute atomic E-state index is 12.5. The van der Waals surface area contributed by atoms with E-state index in [-0.39, 0.29) is 10.7 Å². The Kier molecular flexibility index (Phi) is 5.34. The monoisotopic (exact) mass is 370 g/mol. The molecule has 0 N–H and O–H groups in total. The van der Waals surface area contributed by atoms with Gasteiger partial charge < -0.3 is 4.90 Å². The van der Waals surface area contributed by atoms with Crippen molar-refractivity contribution in [1.82, 2.24) is 4.90 Å². The summed E-state index contributed by atoms with van der Waals surface area (Å²) in [5, 5.41) is 0.737. The summed E-state index contributed by atoms with van der Waals surface area (Å²) in [6.45, 7) is 1.89. The third kappa shape index (κ3) is 4.25. The van der Waals surface area contributed by atoms with Crippen molar-refractivity contribution < 1.29 is 8.42 Å². The van der Waals surface area contributed by atoms with Crippen LogP contribution in [0.1, 0.15) is 11.1 Å². The molecule has 0 heterocycles. The highest BCUT2D eigenvalue weighted by Crippen LogP contribution is 2.24. The Bertz CT molecular complexity index is 845. The smallest absolute Gasteiger partial charge is 0.284 e. The number of hydrogen-bond acceptors (Lipinski definition) is 2. The first-order chi connectivity index (χ1) is 10.7. The second-order valence-electron chi connectivity index (χ2n) is 5.23. The zero-order valence-electron chi connectivity index (χ0n) is 12.9. The van der Waals surface area contributed by atoms with Crippen LogP contribution in [0.2, 0.25) is 10.0 Å². The van der Waals surface area contributed by atoms with Gasteiger partial charge in [0.25, 0.3) is 10.0 Å². The van der Waals surface area contributed by atoms with Crippen molar-refractivity contribution in [3.05, 3.63) is 63.6 Å². The molecule has 2 rings (SSSR count). The van der Waals surface area contributed by atoms with Gasteiger partial charge >= 0.3 is 0 Å². The van der Waals surface area contributed by atoms with Crippen LogP contribution >= 0.6 is 23.2 Å². The average molecular weight is 371 g/mol. The molecule has 0 saturated carbocycles. The predicted octanol–water partition coefficient (Wildman–Crippen LogP) is 4.00. The largest absolute Gasteiger partial charge is 0.362 e. The Labute approximate surface area is 146 Å². The molecule has 4 nitrogen and oxygen atoms in total. The van der Waals surface area contributed by atoms with Crippen LogP contribution in [0.3, 0.4) is 0 Å². The van der Waals surface area contributed by atoms with Crippen molar-refractivity contribution in [1.29, 1.82) is 0 Å². The Balaban J connectivity index is 2.53. The van der Waals surface area contributed by atoms with Crippen LogP contribution in [0.4, 0.5) is 0 Å². The fourth-order valence-electron chi connectivity index (χ4n) is 1.90. The Morgan fingerprint density at radius 3 is 2.13 bits per heavy atom. The molecule has 0 amide bonds. The number of sulfonamides is 1. The molecule has 0 aromatic heterocycles. The Hall–Kier alpha value is -1.56. The van der Waals surface area contributed by atoms with Gasteiger partial charge in [0, 0.05) is 19.7 Å². The summed E-state index contributed by atoms with van der Waals surface area (Å²) in [6.07, 6.45) is 0. The second kappa shape index (κ2) is 6.91. The van der Waals surface area contributed by atoms with Crippen molar-refractivity contribution >= 4 is 39.1 Å². The van der Waals surface area contributed by atoms with Gasteiger partial charge in [0.1, 0.15) is 5.84 Å². The number of amidine groups is 1. The molecule has 0 fully saturated rings. The summed E-state index contributed by atoms with van der Waals surface area (Å²) in [5.74, 6) is 0.282. The third-order valence-electron chi connectivity index (χ3n) is 3.13. The van der Waals surface area contributed by atoms with Crippen LogP contribution < -0.4 is 0 Å². The van der Waals surface area contributed by atoms with Gasteiger partial charge in [-0.2, -0.15) is 8.42 Å². The van der Waals surface area contributed by atoms with Gasteiger partial charge in [-0.15, -0.1) is 4.40 Å². The molecule has 23 heavy (non-hydrogen) atoms. The molecule has 2 aromatic rings. The second-order valence-corrected chi connectivity index (χ2v) is 7.64. The van der Waals surface area contributed by atoms with Crippen molar-refractivity contribution in [2.45, 2.75) is 11.8 Å². The van der Waals surface area contributed by atoms with Crippen LogP contribution in [0, 0.1) is 6.92 Å². The molecule has 0 saturated heterocycles. The van der Waals surface area contributed by atoms with Crippen molar-refractivity contribution in [3.8, 4) is 0 Å². The zero-order chi connectivity index (χ0) is 17.2. The molecule has 0 aliphatic heterocycles. The van der Waals surface area contributed by atoms with E-state index in [0.717, 1.165) is 5.56 Å². The summed E-state index contributed by atoms with van der Waals surface area (Å²) in [5.41, 5.74) is 1.55. The molecule has 122 valence electrons. The zero-order valence-corrected chi connectivity index (χ0v) is 15.2. The van der Waals surface area contributed by atoms with E-state index < -0.39 is 10.0 Å². The highest BCUT2D eigenvalue weighted by Gasteiger charge is 2.17. The SMILES string of the molecule is Cc1ccc(S(=O)(=O)/N=C(\c2ccc(Cl)c(Cl)c2)N(C)C)cc1. The van der Waals surface area contributed by atoms with Gasteiger partial charge in [-0.1, -0.05) is 40.9 Å². The van der Waals surface area contributed by atoms with Crippen molar-refractivity contribution in [3.63, 3.8) is 0 Å². The number of benzene rings is 2. The van der Waals surface area contributed by atoms with E-state index in [9.17, 15) is 8.42 Å². The molecule has 0 bridgehead atoms. The van der Waals surface area contributed by atoms with Gasteiger partial charge in [0.15, 0.2) is 0 Å². The number of rotatable bonds is 3. The lowest BCUT2D eigenvalue weighted by Gasteiger charge is -2.16. The Morgan fingerprint density at radius 1 is 1.00 bits per heavy atom. The maximum Gasteiger partial charge on any atom is 0.284 e. The summed E-state index contributed by atoms with van der Waals surface area (Å²) in [7, 11) is -0.394. The lowest BCUT2D eigenvalue weighted by atomic mass is 10.2. The lowest BCUT2D eigenvalue weighted by molar-refractivity contribution is 0.592. The minimum absolute atomic E-state index is 0.141. The van der Waals surface area contributed by atoms with Gasteiger partial charge in [0.2, 0.25) is 0 Å². The van der Waals surface area contributed by atoms with Crippen LogP contribution in [-0.4, -0.2) is 33.2 Å². The molecule has 0 atom stereocenters. The van der Waals surface area contributed by atoms with E-state index in [0.29, 0.717) is 15.6 Å². The molecule has 0 unspecified atom stereocenters. The standard InChI is InChI=1S/C16H16Cl2N2O2S/c1-11-4-7-13(8-5-11)23(21,22)19-16(20(2)3)12-6-9-14(17)15(18)10-12/h4-10H,1-3H3/b19-16+. The summed E-state index contributed by atoms with van der Waals surface area (Å²) < 4.78 is 29.0. The molecular weight excluding hydrogens is 355 g/mol. The van der Waals surface area contributed by atoms with Gasteiger partial charge in [-0.3, -0.25) is 0 Å². The first-order valence-corrected chi connectivity index (χ1v) is 8.95. The lowest BCUT2D eigenvalue weighted by Crippen LogP contribution is -2.24. The van der Waals surface area contributed by atoms with E-state index in [1.54, 1.807) is 49.3 Å². The fourth-order valence-corrected chi connectivity index (χ4v) is 3.28. The first kappa shape index (κ1) is 17.8. The molecule has 0 spiro atoms. The minimum atomic E-state index is -3.82. The van der Waals surface area contributed by atoms with Crippen molar-refractivity contribution in [2.75, 3.05) is 14.1 Å². The average Bonchev–Trinajstić information content (AvgIpc) is 2.48. The van der Waals surface area contributed by atoms with E-state index in [2.05, 4.69) is 4.40 Å². The van der Waals surface area contributed by atoms with E-state index in [1.165, 1.54) is 12.1 Å².